The van der Waals surface area contributed by atoms with E-state index in [2.05, 4.69) is 17.0 Å². The van der Waals surface area contributed by atoms with E-state index in [1.807, 2.05) is 65.6 Å². The van der Waals surface area contributed by atoms with E-state index in [1.165, 1.54) is 0 Å². The Hall–Kier alpha value is -3.89. The van der Waals surface area contributed by atoms with Gasteiger partial charge in [-0.3, -0.25) is 9.58 Å². The molecule has 242 valence electrons. The molecule has 1 aliphatic heterocycles. The van der Waals surface area contributed by atoms with Gasteiger partial charge in [-0.25, -0.2) is 4.79 Å². The fraction of sp³-hybridized carbons (Fsp3) is 0.389. The minimum absolute atomic E-state index is 0.213. The second-order valence-electron chi connectivity index (χ2n) is 11.6. The van der Waals surface area contributed by atoms with Crippen molar-refractivity contribution >= 4 is 39.2 Å². The van der Waals surface area contributed by atoms with Gasteiger partial charge in [0, 0.05) is 48.1 Å². The van der Waals surface area contributed by atoms with E-state index in [1.54, 1.807) is 0 Å². The molecule has 2 aromatic heterocycles. The number of benzene rings is 3. The first-order chi connectivity index (χ1) is 22.5. The van der Waals surface area contributed by atoms with Crippen molar-refractivity contribution in [1.29, 1.82) is 0 Å². The Morgan fingerprint density at radius 2 is 1.78 bits per heavy atom. The minimum atomic E-state index is -0.982. The van der Waals surface area contributed by atoms with Crippen molar-refractivity contribution in [3.8, 4) is 16.9 Å². The standard InChI is InChI=1S/C36H41ClN4O5/c1-3-29-33(30(23-42)41(38-29)17-16-39-18-21-45-22-19-39)32-28(37)15-14-27-26(35(36(43)44)40(4-2)34(27)32)12-8-20-46-31-13-7-10-24-9-5-6-11-25(24)31/h5-7,9-11,13-15,42H,3-4,8,12,16-23H2,1-2H3,(H,43,44). The molecule has 3 heterocycles. The number of ether oxygens (including phenoxy) is 2. The first-order valence-corrected chi connectivity index (χ1v) is 16.5. The number of rotatable bonds is 13. The van der Waals surface area contributed by atoms with Crippen molar-refractivity contribution in [2.45, 2.75) is 52.8 Å². The highest BCUT2D eigenvalue weighted by Crippen LogP contribution is 2.42. The maximum atomic E-state index is 12.8. The minimum Gasteiger partial charge on any atom is -0.493 e. The average molecular weight is 645 g/mol. The second-order valence-corrected chi connectivity index (χ2v) is 12.0. The van der Waals surface area contributed by atoms with Crippen molar-refractivity contribution in [2.24, 2.45) is 0 Å². The van der Waals surface area contributed by atoms with Crippen LogP contribution in [-0.4, -0.2) is 74.9 Å². The maximum absolute atomic E-state index is 12.8. The van der Waals surface area contributed by atoms with Crippen molar-refractivity contribution in [3.63, 3.8) is 0 Å². The van der Waals surface area contributed by atoms with Gasteiger partial charge in [0.05, 0.1) is 54.9 Å². The molecular weight excluding hydrogens is 604 g/mol. The first kappa shape index (κ1) is 32.1. The van der Waals surface area contributed by atoms with Crippen LogP contribution in [0.3, 0.4) is 0 Å². The molecule has 3 aromatic carbocycles. The van der Waals surface area contributed by atoms with Crippen LogP contribution >= 0.6 is 11.6 Å². The molecule has 0 saturated carbocycles. The molecule has 6 rings (SSSR count). The van der Waals surface area contributed by atoms with Crippen LogP contribution in [0.4, 0.5) is 0 Å². The van der Waals surface area contributed by atoms with Crippen LogP contribution in [0.2, 0.25) is 5.02 Å². The monoisotopic (exact) mass is 644 g/mol. The highest BCUT2D eigenvalue weighted by molar-refractivity contribution is 6.35. The van der Waals surface area contributed by atoms with E-state index in [-0.39, 0.29) is 12.3 Å². The topological polar surface area (TPSA) is 102 Å². The third-order valence-corrected chi connectivity index (χ3v) is 9.29. The summed E-state index contributed by atoms with van der Waals surface area (Å²) in [4.78, 5) is 15.2. The zero-order valence-electron chi connectivity index (χ0n) is 26.5. The molecule has 0 amide bonds. The summed E-state index contributed by atoms with van der Waals surface area (Å²) in [5.74, 6) is -0.166. The van der Waals surface area contributed by atoms with E-state index in [0.717, 1.165) is 69.4 Å². The summed E-state index contributed by atoms with van der Waals surface area (Å²) in [6.07, 6.45) is 1.78. The molecule has 1 saturated heterocycles. The van der Waals surface area contributed by atoms with Crippen LogP contribution in [0.1, 0.15) is 47.7 Å². The Balaban J connectivity index is 1.37. The zero-order valence-corrected chi connectivity index (χ0v) is 27.2. The van der Waals surface area contributed by atoms with Crippen LogP contribution < -0.4 is 4.74 Å². The number of aliphatic hydroxyl groups excluding tert-OH is 1. The number of hydrogen-bond donors (Lipinski definition) is 2. The van der Waals surface area contributed by atoms with Gasteiger partial charge in [0.1, 0.15) is 11.4 Å². The molecule has 0 radical (unpaired) electrons. The summed E-state index contributed by atoms with van der Waals surface area (Å²) in [7, 11) is 0. The zero-order chi connectivity index (χ0) is 32.2. The van der Waals surface area contributed by atoms with Crippen molar-refractivity contribution < 1.29 is 24.5 Å². The molecule has 2 N–H and O–H groups in total. The van der Waals surface area contributed by atoms with Crippen LogP contribution in [0, 0.1) is 0 Å². The Bertz CT molecular complexity index is 1850. The number of carboxylic acid groups (broad SMARTS) is 1. The van der Waals surface area contributed by atoms with Crippen LogP contribution in [0.15, 0.2) is 54.6 Å². The summed E-state index contributed by atoms with van der Waals surface area (Å²) in [6.45, 7) is 9.23. The Kier molecular flexibility index (Phi) is 9.94. The average Bonchev–Trinajstić information content (AvgIpc) is 3.60. The molecule has 10 heteroatoms. The van der Waals surface area contributed by atoms with Crippen LogP contribution in [0.5, 0.6) is 5.75 Å². The molecule has 0 aliphatic carbocycles. The van der Waals surface area contributed by atoms with Gasteiger partial charge in [-0.2, -0.15) is 5.10 Å². The Morgan fingerprint density at radius 3 is 2.52 bits per heavy atom. The van der Waals surface area contributed by atoms with Gasteiger partial charge in [-0.1, -0.05) is 61.0 Å². The highest BCUT2D eigenvalue weighted by atomic mass is 35.5. The molecule has 9 nitrogen and oxygen atoms in total. The predicted octanol–water partition coefficient (Wildman–Crippen LogP) is 6.43. The Morgan fingerprint density at radius 1 is 1.00 bits per heavy atom. The van der Waals surface area contributed by atoms with Gasteiger partial charge in [0.15, 0.2) is 0 Å². The predicted molar refractivity (Wildman–Crippen MR) is 181 cm³/mol. The summed E-state index contributed by atoms with van der Waals surface area (Å²) in [6, 6.07) is 17.9. The summed E-state index contributed by atoms with van der Waals surface area (Å²) in [5, 5.41) is 29.6. The Labute approximate surface area is 273 Å². The SMILES string of the molecule is CCc1nn(CCN2CCOCC2)c(CO)c1-c1c(Cl)ccc2c(CCCOc3cccc4ccccc34)c(C(=O)O)n(CC)c12. The van der Waals surface area contributed by atoms with E-state index in [4.69, 9.17) is 26.2 Å². The fourth-order valence-corrected chi connectivity index (χ4v) is 7.04. The third kappa shape index (κ3) is 6.12. The lowest BCUT2D eigenvalue weighted by molar-refractivity contribution is 0.0357. The van der Waals surface area contributed by atoms with E-state index < -0.39 is 5.97 Å². The van der Waals surface area contributed by atoms with E-state index in [0.29, 0.717) is 62.9 Å². The number of fused-ring (bicyclic) bond motifs is 2. The normalized spacial score (nSPS) is 14.0. The second kappa shape index (κ2) is 14.3. The lowest BCUT2D eigenvalue weighted by Crippen LogP contribution is -2.38. The molecule has 0 atom stereocenters. The number of aliphatic hydroxyl groups is 1. The van der Waals surface area contributed by atoms with Gasteiger partial charge in [0.2, 0.25) is 0 Å². The first-order valence-electron chi connectivity index (χ1n) is 16.1. The lowest BCUT2D eigenvalue weighted by atomic mass is 9.97. The van der Waals surface area contributed by atoms with Crippen LogP contribution in [-0.2, 0) is 37.3 Å². The van der Waals surface area contributed by atoms with Gasteiger partial charge in [-0.05, 0) is 49.3 Å². The lowest BCUT2D eigenvalue weighted by Gasteiger charge is -2.26. The summed E-state index contributed by atoms with van der Waals surface area (Å²) >= 11 is 6.99. The number of morpholine rings is 1. The molecule has 46 heavy (non-hydrogen) atoms. The molecule has 0 spiro atoms. The van der Waals surface area contributed by atoms with Crippen LogP contribution in [0.25, 0.3) is 32.8 Å². The molecule has 0 unspecified atom stereocenters. The van der Waals surface area contributed by atoms with Gasteiger partial charge in [0.25, 0.3) is 0 Å². The number of carboxylic acids is 1. The number of nitrogens with zero attached hydrogens (tertiary/aromatic N) is 4. The molecular formula is C36H41ClN4O5. The highest BCUT2D eigenvalue weighted by Gasteiger charge is 2.29. The third-order valence-electron chi connectivity index (χ3n) is 8.97. The number of carbonyl (C=O) groups is 1. The summed E-state index contributed by atoms with van der Waals surface area (Å²) < 4.78 is 15.4. The van der Waals surface area contributed by atoms with Gasteiger partial charge in [-0.15, -0.1) is 0 Å². The largest absolute Gasteiger partial charge is 0.493 e. The van der Waals surface area contributed by atoms with Crippen molar-refractivity contribution in [2.75, 3.05) is 39.5 Å². The quantitative estimate of drug-likeness (QED) is 0.143. The number of hydrogen-bond acceptors (Lipinski definition) is 6. The number of halogens is 1. The van der Waals surface area contributed by atoms with Gasteiger partial charge >= 0.3 is 5.97 Å². The molecule has 0 bridgehead atoms. The van der Waals surface area contributed by atoms with Crippen molar-refractivity contribution in [3.05, 3.63) is 82.3 Å². The smallest absolute Gasteiger partial charge is 0.352 e. The van der Waals surface area contributed by atoms with Crippen molar-refractivity contribution in [1.82, 2.24) is 19.2 Å². The molecule has 5 aromatic rings. The van der Waals surface area contributed by atoms with E-state index in [9.17, 15) is 15.0 Å². The van der Waals surface area contributed by atoms with E-state index >= 15 is 0 Å². The van der Waals surface area contributed by atoms with Gasteiger partial charge < -0.3 is 24.3 Å². The number of aryl methyl sites for hydroxylation is 3. The molecule has 1 fully saturated rings. The fourth-order valence-electron chi connectivity index (χ4n) is 6.79. The number of aromatic carboxylic acids is 1. The molecule has 1 aliphatic rings. The maximum Gasteiger partial charge on any atom is 0.352 e. The number of aromatic nitrogens is 3. The summed E-state index contributed by atoms with van der Waals surface area (Å²) in [5.41, 5.74) is 4.80.